The molecule has 0 saturated carbocycles. The highest BCUT2D eigenvalue weighted by Crippen LogP contribution is 2.36. The SMILES string of the molecule is C=CCN(C)CCCCCCOc1ccc2c(c1)CCN(C)C2c1ccc(Br)cc1. The molecule has 0 aliphatic carbocycles. The highest BCUT2D eigenvalue weighted by atomic mass is 79.9. The van der Waals surface area contributed by atoms with Gasteiger partial charge in [-0.3, -0.25) is 4.90 Å². The minimum Gasteiger partial charge on any atom is -0.494 e. The third kappa shape index (κ3) is 6.44. The summed E-state index contributed by atoms with van der Waals surface area (Å²) in [4.78, 5) is 4.76. The first-order chi connectivity index (χ1) is 14.6. The molecule has 1 atom stereocenters. The van der Waals surface area contributed by atoms with Crippen LogP contribution < -0.4 is 4.74 Å². The topological polar surface area (TPSA) is 15.7 Å². The van der Waals surface area contributed by atoms with Gasteiger partial charge in [0.2, 0.25) is 0 Å². The van der Waals surface area contributed by atoms with Gasteiger partial charge in [0.15, 0.2) is 0 Å². The number of unbranched alkanes of at least 4 members (excludes halogenated alkanes) is 3. The summed E-state index contributed by atoms with van der Waals surface area (Å²) in [6, 6.07) is 15.7. The molecule has 1 heterocycles. The Morgan fingerprint density at radius 1 is 1.13 bits per heavy atom. The fraction of sp³-hybridized carbons (Fsp3) is 0.462. The number of nitrogens with zero attached hydrogens (tertiary/aromatic N) is 2. The minimum atomic E-state index is 0.315. The van der Waals surface area contributed by atoms with Gasteiger partial charge in [0.05, 0.1) is 12.6 Å². The first kappa shape index (κ1) is 23.1. The lowest BCUT2D eigenvalue weighted by atomic mass is 9.88. The second kappa shape index (κ2) is 11.7. The van der Waals surface area contributed by atoms with Crippen LogP contribution in [0.25, 0.3) is 0 Å². The lowest BCUT2D eigenvalue weighted by molar-refractivity contribution is 0.262. The summed E-state index contributed by atoms with van der Waals surface area (Å²) < 4.78 is 7.20. The molecule has 0 saturated heterocycles. The van der Waals surface area contributed by atoms with Crippen LogP contribution in [-0.2, 0) is 6.42 Å². The van der Waals surface area contributed by atoms with E-state index in [1.807, 2.05) is 6.08 Å². The van der Waals surface area contributed by atoms with E-state index >= 15 is 0 Å². The molecule has 30 heavy (non-hydrogen) atoms. The van der Waals surface area contributed by atoms with Crippen LogP contribution in [0, 0.1) is 0 Å². The quantitative estimate of drug-likeness (QED) is 0.292. The summed E-state index contributed by atoms with van der Waals surface area (Å²) in [6.45, 7) is 7.78. The number of hydrogen-bond donors (Lipinski definition) is 0. The van der Waals surface area contributed by atoms with E-state index in [1.54, 1.807) is 0 Å². The number of rotatable bonds is 11. The van der Waals surface area contributed by atoms with Gasteiger partial charge >= 0.3 is 0 Å². The predicted molar refractivity (Wildman–Crippen MR) is 130 cm³/mol. The normalized spacial score (nSPS) is 16.5. The maximum Gasteiger partial charge on any atom is 0.119 e. The zero-order chi connectivity index (χ0) is 21.3. The third-order valence-corrected chi connectivity index (χ3v) is 6.44. The molecule has 2 aromatic carbocycles. The Balaban J connectivity index is 1.50. The van der Waals surface area contributed by atoms with Crippen molar-refractivity contribution in [2.24, 2.45) is 0 Å². The average molecular weight is 471 g/mol. The summed E-state index contributed by atoms with van der Waals surface area (Å²) in [5.74, 6) is 1.01. The first-order valence-corrected chi connectivity index (χ1v) is 11.9. The van der Waals surface area contributed by atoms with Gasteiger partial charge < -0.3 is 9.64 Å². The number of benzene rings is 2. The number of fused-ring (bicyclic) bond motifs is 1. The van der Waals surface area contributed by atoms with Crippen molar-refractivity contribution in [2.45, 2.75) is 38.1 Å². The number of halogens is 1. The molecule has 1 aliphatic rings. The Morgan fingerprint density at radius 2 is 1.90 bits per heavy atom. The highest BCUT2D eigenvalue weighted by molar-refractivity contribution is 9.10. The molecule has 3 nitrogen and oxygen atoms in total. The van der Waals surface area contributed by atoms with Crippen LogP contribution in [0.1, 0.15) is 48.4 Å². The van der Waals surface area contributed by atoms with Crippen LogP contribution in [0.5, 0.6) is 5.75 Å². The van der Waals surface area contributed by atoms with E-state index in [4.69, 9.17) is 4.74 Å². The number of hydrogen-bond acceptors (Lipinski definition) is 3. The van der Waals surface area contributed by atoms with Crippen molar-refractivity contribution in [3.05, 3.63) is 76.3 Å². The molecule has 4 heteroatoms. The highest BCUT2D eigenvalue weighted by Gasteiger charge is 2.26. The number of ether oxygens (including phenoxy) is 1. The van der Waals surface area contributed by atoms with E-state index < -0.39 is 0 Å². The van der Waals surface area contributed by atoms with Crippen LogP contribution in [0.2, 0.25) is 0 Å². The van der Waals surface area contributed by atoms with Gasteiger partial charge in [-0.2, -0.15) is 0 Å². The van der Waals surface area contributed by atoms with Crippen molar-refractivity contribution < 1.29 is 4.74 Å². The smallest absolute Gasteiger partial charge is 0.119 e. The second-order valence-corrected chi connectivity index (χ2v) is 9.27. The maximum absolute atomic E-state index is 6.08. The Morgan fingerprint density at radius 3 is 2.67 bits per heavy atom. The largest absolute Gasteiger partial charge is 0.494 e. The van der Waals surface area contributed by atoms with Gasteiger partial charge in [-0.15, -0.1) is 6.58 Å². The minimum absolute atomic E-state index is 0.315. The lowest BCUT2D eigenvalue weighted by Gasteiger charge is -2.35. The summed E-state index contributed by atoms with van der Waals surface area (Å²) in [5, 5.41) is 0. The molecule has 0 radical (unpaired) electrons. The van der Waals surface area contributed by atoms with E-state index in [0.29, 0.717) is 6.04 Å². The van der Waals surface area contributed by atoms with Gasteiger partial charge in [0.1, 0.15) is 5.75 Å². The molecule has 1 aliphatic heterocycles. The molecule has 0 aromatic heterocycles. The van der Waals surface area contributed by atoms with E-state index in [-0.39, 0.29) is 0 Å². The van der Waals surface area contributed by atoms with Gasteiger partial charge in [0, 0.05) is 17.6 Å². The predicted octanol–water partition coefficient (Wildman–Crippen LogP) is 6.08. The molecule has 162 valence electrons. The lowest BCUT2D eigenvalue weighted by Crippen LogP contribution is -2.32. The molecule has 0 amide bonds. The summed E-state index contributed by atoms with van der Waals surface area (Å²) in [7, 11) is 4.37. The van der Waals surface area contributed by atoms with Crippen molar-refractivity contribution >= 4 is 15.9 Å². The molecule has 3 rings (SSSR count). The van der Waals surface area contributed by atoms with E-state index in [2.05, 4.69) is 88.9 Å². The fourth-order valence-electron chi connectivity index (χ4n) is 4.24. The summed E-state index contributed by atoms with van der Waals surface area (Å²) in [5.41, 5.74) is 4.17. The van der Waals surface area contributed by atoms with E-state index in [9.17, 15) is 0 Å². The fourth-order valence-corrected chi connectivity index (χ4v) is 4.50. The van der Waals surface area contributed by atoms with Crippen molar-refractivity contribution in [3.63, 3.8) is 0 Å². The second-order valence-electron chi connectivity index (χ2n) is 8.36. The van der Waals surface area contributed by atoms with Crippen LogP contribution in [0.3, 0.4) is 0 Å². The van der Waals surface area contributed by atoms with Crippen molar-refractivity contribution in [1.82, 2.24) is 9.80 Å². The molecule has 1 unspecified atom stereocenters. The summed E-state index contributed by atoms with van der Waals surface area (Å²) >= 11 is 3.55. The molecule has 0 fully saturated rings. The summed E-state index contributed by atoms with van der Waals surface area (Å²) in [6.07, 6.45) is 7.89. The average Bonchev–Trinajstić information content (AvgIpc) is 2.74. The zero-order valence-corrected chi connectivity index (χ0v) is 20.0. The number of likely N-dealkylation sites (N-methyl/N-ethyl adjacent to an activating group) is 2. The Kier molecular flexibility index (Phi) is 8.98. The van der Waals surface area contributed by atoms with Gasteiger partial charge in [0.25, 0.3) is 0 Å². The van der Waals surface area contributed by atoms with Crippen LogP contribution in [0.4, 0.5) is 0 Å². The molecule has 0 spiro atoms. The van der Waals surface area contributed by atoms with Gasteiger partial charge in [-0.1, -0.05) is 53.0 Å². The van der Waals surface area contributed by atoms with Gasteiger partial charge in [-0.25, -0.2) is 0 Å². The molecule has 0 bridgehead atoms. The Hall–Kier alpha value is -1.62. The van der Waals surface area contributed by atoms with Crippen LogP contribution in [-0.4, -0.2) is 50.1 Å². The van der Waals surface area contributed by atoms with Crippen molar-refractivity contribution in [2.75, 3.05) is 40.3 Å². The van der Waals surface area contributed by atoms with E-state index in [0.717, 1.165) is 49.3 Å². The Labute approximate surface area is 190 Å². The molecular weight excluding hydrogens is 436 g/mol. The van der Waals surface area contributed by atoms with Crippen molar-refractivity contribution in [1.29, 1.82) is 0 Å². The standard InChI is InChI=1S/C26H35BrN2O/c1-4-16-28(2)17-7-5-6-8-19-30-24-13-14-25-22(20-24)15-18-29(3)26(25)21-9-11-23(27)12-10-21/h4,9-14,20,26H,1,5-8,15-19H2,2-3H3. The maximum atomic E-state index is 6.08. The van der Waals surface area contributed by atoms with Crippen LogP contribution in [0.15, 0.2) is 59.6 Å². The van der Waals surface area contributed by atoms with Gasteiger partial charge in [-0.05, 0) is 80.9 Å². The molecule has 2 aromatic rings. The molecule has 0 N–H and O–H groups in total. The van der Waals surface area contributed by atoms with Crippen molar-refractivity contribution in [3.8, 4) is 5.75 Å². The monoisotopic (exact) mass is 470 g/mol. The Bertz CT molecular complexity index is 805. The van der Waals surface area contributed by atoms with Crippen LogP contribution >= 0.6 is 15.9 Å². The first-order valence-electron chi connectivity index (χ1n) is 11.1. The molecular formula is C26H35BrN2O. The zero-order valence-electron chi connectivity index (χ0n) is 18.4. The van der Waals surface area contributed by atoms with E-state index in [1.165, 1.54) is 36.0 Å². The third-order valence-electron chi connectivity index (χ3n) is 5.91.